The third-order valence-electron chi connectivity index (χ3n) is 3.97. The average molecular weight is 282 g/mol. The number of nitrogens with zero attached hydrogens (tertiary/aromatic N) is 1. The molecule has 1 unspecified atom stereocenters. The minimum absolute atomic E-state index is 0.624. The van der Waals surface area contributed by atoms with Gasteiger partial charge in [0.1, 0.15) is 0 Å². The molecule has 1 aromatic rings. The summed E-state index contributed by atoms with van der Waals surface area (Å²) in [5, 5.41) is 6.03. The highest BCUT2D eigenvalue weighted by Crippen LogP contribution is 2.32. The summed E-state index contributed by atoms with van der Waals surface area (Å²) in [5.41, 5.74) is 1.58. The highest BCUT2D eigenvalue weighted by Gasteiger charge is 2.20. The first-order valence-corrected chi connectivity index (χ1v) is 9.06. The summed E-state index contributed by atoms with van der Waals surface area (Å²) in [6.45, 7) is 4.92. The van der Waals surface area contributed by atoms with Gasteiger partial charge in [0.2, 0.25) is 0 Å². The van der Waals surface area contributed by atoms with Crippen LogP contribution in [0.4, 0.5) is 0 Å². The van der Waals surface area contributed by atoms with Gasteiger partial charge < -0.3 is 10.2 Å². The topological polar surface area (TPSA) is 15.3 Å². The molecule has 1 aliphatic carbocycles. The lowest BCUT2D eigenvalue weighted by Crippen LogP contribution is -2.39. The number of thioether (sulfide) groups is 1. The summed E-state index contributed by atoms with van der Waals surface area (Å²) in [6, 6.07) is 2.95. The zero-order chi connectivity index (χ0) is 12.2. The van der Waals surface area contributed by atoms with E-state index in [1.165, 1.54) is 50.4 Å². The summed E-state index contributed by atoms with van der Waals surface area (Å²) in [4.78, 5) is 4.22. The van der Waals surface area contributed by atoms with Crippen LogP contribution in [0.25, 0.3) is 0 Å². The zero-order valence-corrected chi connectivity index (χ0v) is 12.5. The Kier molecular flexibility index (Phi) is 4.63. The number of thiophene rings is 1. The van der Waals surface area contributed by atoms with Crippen molar-refractivity contribution in [3.63, 3.8) is 0 Å². The standard InChI is InChI=1S/C14H22N2S2/c1-2-13(12-4-9-18-14(12)3-1)15-5-6-16-7-10-17-11-8-16/h4,9,13,15H,1-3,5-8,10-11H2. The Hall–Kier alpha value is -0.0300. The Morgan fingerprint density at radius 2 is 2.22 bits per heavy atom. The van der Waals surface area contributed by atoms with Gasteiger partial charge in [0.25, 0.3) is 0 Å². The van der Waals surface area contributed by atoms with Crippen LogP contribution in [-0.4, -0.2) is 42.6 Å². The summed E-state index contributed by atoms with van der Waals surface area (Å²) < 4.78 is 0. The van der Waals surface area contributed by atoms with Crippen molar-refractivity contribution in [2.45, 2.75) is 25.3 Å². The quantitative estimate of drug-likeness (QED) is 0.914. The molecule has 0 saturated carbocycles. The van der Waals surface area contributed by atoms with Crippen LogP contribution < -0.4 is 5.32 Å². The van der Waals surface area contributed by atoms with Crippen molar-refractivity contribution in [3.8, 4) is 0 Å². The van der Waals surface area contributed by atoms with Crippen LogP contribution in [0.5, 0.6) is 0 Å². The van der Waals surface area contributed by atoms with E-state index in [0.717, 1.165) is 6.54 Å². The molecule has 100 valence electrons. The predicted octanol–water partition coefficient (Wildman–Crippen LogP) is 2.76. The smallest absolute Gasteiger partial charge is 0.0331 e. The first kappa shape index (κ1) is 13.0. The number of hydrogen-bond acceptors (Lipinski definition) is 4. The lowest BCUT2D eigenvalue weighted by Gasteiger charge is -2.28. The Labute approximate surface area is 118 Å². The van der Waals surface area contributed by atoms with Crippen LogP contribution in [-0.2, 0) is 6.42 Å². The van der Waals surface area contributed by atoms with E-state index in [9.17, 15) is 0 Å². The fourth-order valence-corrected chi connectivity index (χ4v) is 4.89. The van der Waals surface area contributed by atoms with Gasteiger partial charge >= 0.3 is 0 Å². The van der Waals surface area contributed by atoms with Crippen molar-refractivity contribution in [2.24, 2.45) is 0 Å². The van der Waals surface area contributed by atoms with Crippen LogP contribution in [0.3, 0.4) is 0 Å². The second-order valence-corrected chi connectivity index (χ2v) is 7.38. The average Bonchev–Trinajstić information content (AvgIpc) is 2.89. The zero-order valence-electron chi connectivity index (χ0n) is 10.9. The molecular weight excluding hydrogens is 260 g/mol. The lowest BCUT2D eigenvalue weighted by molar-refractivity contribution is 0.292. The molecular formula is C14H22N2S2. The minimum Gasteiger partial charge on any atom is -0.309 e. The highest BCUT2D eigenvalue weighted by atomic mass is 32.2. The summed E-state index contributed by atoms with van der Waals surface area (Å²) in [7, 11) is 0. The maximum absolute atomic E-state index is 3.77. The summed E-state index contributed by atoms with van der Waals surface area (Å²) >= 11 is 4.03. The second kappa shape index (κ2) is 6.42. The van der Waals surface area contributed by atoms with Crippen LogP contribution in [0, 0.1) is 0 Å². The van der Waals surface area contributed by atoms with Gasteiger partial charge in [0.05, 0.1) is 0 Å². The molecule has 0 spiro atoms. The Bertz CT molecular complexity index is 372. The van der Waals surface area contributed by atoms with Crippen molar-refractivity contribution in [1.82, 2.24) is 10.2 Å². The van der Waals surface area contributed by atoms with E-state index in [2.05, 4.69) is 33.4 Å². The predicted molar refractivity (Wildman–Crippen MR) is 81.8 cm³/mol. The maximum atomic E-state index is 3.77. The van der Waals surface area contributed by atoms with Gasteiger partial charge in [-0.15, -0.1) is 11.3 Å². The van der Waals surface area contributed by atoms with E-state index in [1.807, 2.05) is 11.3 Å². The highest BCUT2D eigenvalue weighted by molar-refractivity contribution is 7.99. The van der Waals surface area contributed by atoms with E-state index < -0.39 is 0 Å². The molecule has 2 aliphatic rings. The Morgan fingerprint density at radius 1 is 1.33 bits per heavy atom. The molecule has 1 aliphatic heterocycles. The molecule has 1 atom stereocenters. The fourth-order valence-electron chi connectivity index (χ4n) is 2.92. The van der Waals surface area contributed by atoms with E-state index >= 15 is 0 Å². The number of fused-ring (bicyclic) bond motifs is 1. The SMILES string of the molecule is c1cc2c(s1)CCCC2NCCN1CCSCC1. The largest absolute Gasteiger partial charge is 0.309 e. The number of nitrogens with one attached hydrogen (secondary N) is 1. The first-order chi connectivity index (χ1) is 8.93. The van der Waals surface area contributed by atoms with Gasteiger partial charge in [0, 0.05) is 48.6 Å². The number of rotatable bonds is 4. The molecule has 1 aromatic heterocycles. The van der Waals surface area contributed by atoms with Crippen LogP contribution >= 0.6 is 23.1 Å². The molecule has 0 aromatic carbocycles. The van der Waals surface area contributed by atoms with Crippen molar-refractivity contribution in [3.05, 3.63) is 21.9 Å². The maximum Gasteiger partial charge on any atom is 0.0331 e. The van der Waals surface area contributed by atoms with Gasteiger partial charge in [0.15, 0.2) is 0 Å². The van der Waals surface area contributed by atoms with Gasteiger partial charge in [-0.05, 0) is 36.3 Å². The van der Waals surface area contributed by atoms with Gasteiger partial charge in [-0.3, -0.25) is 0 Å². The van der Waals surface area contributed by atoms with Gasteiger partial charge in [-0.25, -0.2) is 0 Å². The monoisotopic (exact) mass is 282 g/mol. The molecule has 4 heteroatoms. The Morgan fingerprint density at radius 3 is 3.11 bits per heavy atom. The number of aryl methyl sites for hydroxylation is 1. The molecule has 0 amide bonds. The number of hydrogen-bond donors (Lipinski definition) is 1. The van der Waals surface area contributed by atoms with E-state index in [-0.39, 0.29) is 0 Å². The van der Waals surface area contributed by atoms with Gasteiger partial charge in [-0.2, -0.15) is 11.8 Å². The van der Waals surface area contributed by atoms with Crippen molar-refractivity contribution in [1.29, 1.82) is 0 Å². The van der Waals surface area contributed by atoms with Crippen molar-refractivity contribution >= 4 is 23.1 Å². The van der Waals surface area contributed by atoms with E-state index in [0.29, 0.717) is 6.04 Å². The van der Waals surface area contributed by atoms with Crippen LogP contribution in [0.1, 0.15) is 29.3 Å². The molecule has 1 N–H and O–H groups in total. The van der Waals surface area contributed by atoms with E-state index in [4.69, 9.17) is 0 Å². The molecule has 1 saturated heterocycles. The summed E-state index contributed by atoms with van der Waals surface area (Å²) in [5.74, 6) is 2.64. The second-order valence-electron chi connectivity index (χ2n) is 5.15. The lowest BCUT2D eigenvalue weighted by atomic mass is 9.94. The normalized spacial score (nSPS) is 25.0. The van der Waals surface area contributed by atoms with Crippen LogP contribution in [0.15, 0.2) is 11.4 Å². The van der Waals surface area contributed by atoms with Crippen LogP contribution in [0.2, 0.25) is 0 Å². The molecule has 0 radical (unpaired) electrons. The minimum atomic E-state index is 0.624. The third kappa shape index (κ3) is 3.10. The molecule has 1 fully saturated rings. The first-order valence-electron chi connectivity index (χ1n) is 7.03. The molecule has 2 nitrogen and oxygen atoms in total. The Balaban J connectivity index is 1.46. The molecule has 3 rings (SSSR count). The van der Waals surface area contributed by atoms with Gasteiger partial charge in [-0.1, -0.05) is 0 Å². The third-order valence-corrected chi connectivity index (χ3v) is 5.91. The van der Waals surface area contributed by atoms with E-state index in [1.54, 1.807) is 10.4 Å². The van der Waals surface area contributed by atoms with Crippen molar-refractivity contribution in [2.75, 3.05) is 37.7 Å². The molecule has 18 heavy (non-hydrogen) atoms. The molecule has 0 bridgehead atoms. The molecule has 2 heterocycles. The summed E-state index contributed by atoms with van der Waals surface area (Å²) in [6.07, 6.45) is 3.97. The fraction of sp³-hybridized carbons (Fsp3) is 0.714. The van der Waals surface area contributed by atoms with Crippen molar-refractivity contribution < 1.29 is 0 Å².